The van der Waals surface area contributed by atoms with Crippen LogP contribution in [0.15, 0.2) is 0 Å². The fourth-order valence-corrected chi connectivity index (χ4v) is 3.09. The van der Waals surface area contributed by atoms with Crippen LogP contribution in [0.1, 0.15) is 0 Å². The molecule has 19 nitrogen and oxygen atoms in total. The molecule has 2 atom stereocenters. The van der Waals surface area contributed by atoms with Crippen molar-refractivity contribution in [2.45, 2.75) is 12.1 Å². The van der Waals surface area contributed by atoms with E-state index < -0.39 is 99.7 Å². The molecule has 0 aromatic heterocycles. The lowest BCUT2D eigenvalue weighted by molar-refractivity contribution is -0.144. The first-order chi connectivity index (χ1) is 18.2. The molecule has 39 heavy (non-hydrogen) atoms. The molecule has 0 aromatic carbocycles. The van der Waals surface area contributed by atoms with Crippen molar-refractivity contribution in [3.05, 3.63) is 0 Å². The molecule has 0 saturated carbocycles. The molecule has 0 aliphatic heterocycles. The van der Waals surface area contributed by atoms with Crippen LogP contribution in [0.25, 0.3) is 0 Å². The standard InChI is InChI=1S/C20H33N5O14/c26-10-12(19(36)37)21-14(28)5-24(8-17(32)33)3-1-23(7-16(30)31)2-4-25(9-18(34)35)6-15(29)22-13(11-27)20(38)39/h12-13,26-27H,1-11H2,(H,21,28)(H,22,29)(H,30,31)(H,32,33)(H,34,35)(H,36,37)(H,38,39)/t12-,13+. The second-order valence-corrected chi connectivity index (χ2v) is 8.16. The van der Waals surface area contributed by atoms with E-state index in [-0.39, 0.29) is 26.2 Å². The van der Waals surface area contributed by atoms with Crippen molar-refractivity contribution in [2.75, 3.05) is 72.1 Å². The number of carboxylic acid groups (broad SMARTS) is 5. The number of carbonyl (C=O) groups is 7. The van der Waals surface area contributed by atoms with Gasteiger partial charge in [0.05, 0.1) is 45.9 Å². The summed E-state index contributed by atoms with van der Waals surface area (Å²) in [6.07, 6.45) is 0. The van der Waals surface area contributed by atoms with Crippen LogP contribution in [0.3, 0.4) is 0 Å². The molecule has 0 fully saturated rings. The Labute approximate surface area is 221 Å². The highest BCUT2D eigenvalue weighted by Crippen LogP contribution is 1.98. The van der Waals surface area contributed by atoms with Crippen molar-refractivity contribution >= 4 is 41.7 Å². The van der Waals surface area contributed by atoms with Gasteiger partial charge in [0, 0.05) is 26.2 Å². The summed E-state index contributed by atoms with van der Waals surface area (Å²) in [5.41, 5.74) is 0. The average Bonchev–Trinajstić information content (AvgIpc) is 2.80. The number of rotatable bonds is 22. The summed E-state index contributed by atoms with van der Waals surface area (Å²) in [6.45, 7) is -5.63. The quantitative estimate of drug-likeness (QED) is 0.0588. The maximum atomic E-state index is 12.1. The summed E-state index contributed by atoms with van der Waals surface area (Å²) in [7, 11) is 0. The van der Waals surface area contributed by atoms with Crippen molar-refractivity contribution < 1.29 is 69.3 Å². The molecule has 0 heterocycles. The van der Waals surface area contributed by atoms with Crippen LogP contribution in [0, 0.1) is 0 Å². The predicted molar refractivity (Wildman–Crippen MR) is 126 cm³/mol. The lowest BCUT2D eigenvalue weighted by atomic mass is 10.3. The molecule has 0 spiro atoms. The van der Waals surface area contributed by atoms with Gasteiger partial charge < -0.3 is 46.4 Å². The third kappa shape index (κ3) is 16.5. The van der Waals surface area contributed by atoms with Crippen LogP contribution in [0.2, 0.25) is 0 Å². The molecule has 222 valence electrons. The Balaban J connectivity index is 5.32. The van der Waals surface area contributed by atoms with Crippen molar-refractivity contribution in [1.82, 2.24) is 25.3 Å². The first-order valence-corrected chi connectivity index (χ1v) is 11.3. The topological polar surface area (TPSA) is 295 Å². The van der Waals surface area contributed by atoms with Gasteiger partial charge in [0.2, 0.25) is 11.8 Å². The number of aliphatic hydroxyl groups is 2. The van der Waals surface area contributed by atoms with Crippen LogP contribution in [-0.4, -0.2) is 176 Å². The third-order valence-corrected chi connectivity index (χ3v) is 4.91. The largest absolute Gasteiger partial charge is 0.480 e. The highest BCUT2D eigenvalue weighted by molar-refractivity contribution is 5.85. The minimum absolute atomic E-state index is 0.145. The minimum Gasteiger partial charge on any atom is -0.480 e. The fraction of sp³-hybridized carbons (Fsp3) is 0.650. The Kier molecular flexibility index (Phi) is 16.5. The smallest absolute Gasteiger partial charge is 0.328 e. The van der Waals surface area contributed by atoms with Gasteiger partial charge in [-0.1, -0.05) is 0 Å². The van der Waals surface area contributed by atoms with Gasteiger partial charge in [-0.15, -0.1) is 0 Å². The number of aliphatic carboxylic acids is 5. The summed E-state index contributed by atoms with van der Waals surface area (Å²) >= 11 is 0. The molecular formula is C20H33N5O14. The van der Waals surface area contributed by atoms with Crippen molar-refractivity contribution in [1.29, 1.82) is 0 Å². The number of nitrogens with one attached hydrogen (secondary N) is 2. The molecule has 0 saturated heterocycles. The third-order valence-electron chi connectivity index (χ3n) is 4.91. The van der Waals surface area contributed by atoms with E-state index in [1.54, 1.807) is 0 Å². The molecule has 0 aliphatic carbocycles. The number of nitrogens with zero attached hydrogens (tertiary/aromatic N) is 3. The fourth-order valence-electron chi connectivity index (χ4n) is 3.09. The maximum Gasteiger partial charge on any atom is 0.328 e. The molecule has 2 amide bonds. The van der Waals surface area contributed by atoms with Gasteiger partial charge in [-0.2, -0.15) is 0 Å². The first kappa shape index (κ1) is 35.1. The van der Waals surface area contributed by atoms with E-state index in [0.717, 1.165) is 9.80 Å². The van der Waals surface area contributed by atoms with E-state index in [2.05, 4.69) is 0 Å². The molecular weight excluding hydrogens is 534 g/mol. The zero-order valence-corrected chi connectivity index (χ0v) is 20.8. The van der Waals surface area contributed by atoms with E-state index in [9.17, 15) is 38.7 Å². The number of carbonyl (C=O) groups excluding carboxylic acids is 2. The second kappa shape index (κ2) is 18.4. The second-order valence-electron chi connectivity index (χ2n) is 8.16. The monoisotopic (exact) mass is 567 g/mol. The number of carboxylic acids is 5. The Bertz CT molecular complexity index is 823. The number of aliphatic hydroxyl groups excluding tert-OH is 2. The number of hydrogen-bond donors (Lipinski definition) is 9. The summed E-state index contributed by atoms with van der Waals surface area (Å²) in [5.74, 6) is -8.83. The van der Waals surface area contributed by atoms with Gasteiger partial charge in [0.1, 0.15) is 12.1 Å². The summed E-state index contributed by atoms with van der Waals surface area (Å²) in [4.78, 5) is 83.2. The Morgan fingerprint density at radius 3 is 1.03 bits per heavy atom. The van der Waals surface area contributed by atoms with Crippen LogP contribution < -0.4 is 10.6 Å². The highest BCUT2D eigenvalue weighted by atomic mass is 16.4. The van der Waals surface area contributed by atoms with Crippen molar-refractivity contribution in [2.24, 2.45) is 0 Å². The Hall–Kier alpha value is -3.91. The van der Waals surface area contributed by atoms with E-state index in [1.165, 1.54) is 4.90 Å². The molecule has 9 N–H and O–H groups in total. The van der Waals surface area contributed by atoms with E-state index in [1.807, 2.05) is 10.6 Å². The van der Waals surface area contributed by atoms with Crippen LogP contribution in [0.5, 0.6) is 0 Å². The normalized spacial score (nSPS) is 12.6. The van der Waals surface area contributed by atoms with Crippen LogP contribution >= 0.6 is 0 Å². The molecule has 0 aromatic rings. The maximum absolute atomic E-state index is 12.1. The molecule has 0 aliphatic rings. The molecule has 0 radical (unpaired) electrons. The summed E-state index contributed by atoms with van der Waals surface area (Å²) < 4.78 is 0. The van der Waals surface area contributed by atoms with Crippen LogP contribution in [0.4, 0.5) is 0 Å². The zero-order valence-electron chi connectivity index (χ0n) is 20.8. The molecule has 0 bridgehead atoms. The van der Waals surface area contributed by atoms with Crippen molar-refractivity contribution in [3.63, 3.8) is 0 Å². The van der Waals surface area contributed by atoms with Crippen molar-refractivity contribution in [3.8, 4) is 0 Å². The minimum atomic E-state index is -1.62. The van der Waals surface area contributed by atoms with Gasteiger partial charge in [-0.25, -0.2) is 9.59 Å². The zero-order chi connectivity index (χ0) is 30.1. The van der Waals surface area contributed by atoms with E-state index in [4.69, 9.17) is 30.6 Å². The molecule has 0 unspecified atom stereocenters. The van der Waals surface area contributed by atoms with Gasteiger partial charge in [-0.3, -0.25) is 38.7 Å². The first-order valence-electron chi connectivity index (χ1n) is 11.3. The van der Waals surface area contributed by atoms with Gasteiger partial charge >= 0.3 is 29.8 Å². The van der Waals surface area contributed by atoms with Crippen LogP contribution in [-0.2, 0) is 33.6 Å². The Morgan fingerprint density at radius 1 is 0.487 bits per heavy atom. The lowest BCUT2D eigenvalue weighted by Crippen LogP contribution is -2.50. The molecule has 0 rings (SSSR count). The number of amides is 2. The number of hydrogen-bond acceptors (Lipinski definition) is 12. The summed E-state index contributed by atoms with van der Waals surface area (Å²) in [6, 6.07) is -3.23. The Morgan fingerprint density at radius 2 is 0.769 bits per heavy atom. The SMILES string of the molecule is O=C(O)CN(CCN(CC(=O)O)CC(=O)N[C@@H](CO)C(=O)O)CCN(CC(=O)O)CC(=O)N[C@H](CO)C(=O)O. The van der Waals surface area contributed by atoms with Gasteiger partial charge in [0.25, 0.3) is 0 Å². The van der Waals surface area contributed by atoms with Gasteiger partial charge in [0.15, 0.2) is 0 Å². The molecule has 19 heteroatoms. The lowest BCUT2D eigenvalue weighted by Gasteiger charge is -2.28. The summed E-state index contributed by atoms with van der Waals surface area (Å²) in [5, 5.41) is 67.3. The van der Waals surface area contributed by atoms with E-state index >= 15 is 0 Å². The van der Waals surface area contributed by atoms with Gasteiger partial charge in [-0.05, 0) is 0 Å². The van der Waals surface area contributed by atoms with E-state index in [0.29, 0.717) is 0 Å². The predicted octanol–water partition coefficient (Wildman–Crippen LogP) is -5.73. The average molecular weight is 568 g/mol. The highest BCUT2D eigenvalue weighted by Gasteiger charge is 2.24.